The molecule has 1 aromatic heterocycles. The van der Waals surface area contributed by atoms with Crippen molar-refractivity contribution in [1.82, 2.24) is 10.1 Å². The smallest absolute Gasteiger partial charge is 0.243 e. The van der Waals surface area contributed by atoms with E-state index in [9.17, 15) is 0 Å². The lowest BCUT2D eigenvalue weighted by atomic mass is 10.1. The zero-order chi connectivity index (χ0) is 12.3. The lowest BCUT2D eigenvalue weighted by Crippen LogP contribution is -2.08. The van der Waals surface area contributed by atoms with Crippen molar-refractivity contribution in [3.63, 3.8) is 0 Å². The molecule has 0 fully saturated rings. The molecule has 2 rings (SSSR count). The highest BCUT2D eigenvalue weighted by Gasteiger charge is 2.12. The van der Waals surface area contributed by atoms with Crippen LogP contribution in [0.15, 0.2) is 33.3 Å². The first kappa shape index (κ1) is 12.3. The fraction of sp³-hybridized carbons (Fsp3) is 0.333. The van der Waals surface area contributed by atoms with Crippen LogP contribution in [-0.2, 0) is 6.42 Å². The van der Waals surface area contributed by atoms with Gasteiger partial charge in [0.1, 0.15) is 0 Å². The van der Waals surface area contributed by atoms with Crippen LogP contribution in [-0.4, -0.2) is 10.1 Å². The van der Waals surface area contributed by atoms with Crippen LogP contribution in [0.5, 0.6) is 0 Å². The first-order chi connectivity index (χ1) is 8.19. The second-order valence-electron chi connectivity index (χ2n) is 3.87. The van der Waals surface area contributed by atoms with Crippen LogP contribution >= 0.6 is 15.9 Å². The SMILES string of the molecule is CC[C@H](N)c1nc(Cc2cccc(Br)c2)no1. The van der Waals surface area contributed by atoms with Gasteiger partial charge in [-0.3, -0.25) is 0 Å². The largest absolute Gasteiger partial charge is 0.338 e. The molecule has 90 valence electrons. The number of nitrogens with zero attached hydrogens (tertiary/aromatic N) is 2. The summed E-state index contributed by atoms with van der Waals surface area (Å²) in [6.07, 6.45) is 1.44. The van der Waals surface area contributed by atoms with E-state index in [2.05, 4.69) is 26.1 Å². The van der Waals surface area contributed by atoms with E-state index in [-0.39, 0.29) is 6.04 Å². The van der Waals surface area contributed by atoms with E-state index in [0.717, 1.165) is 16.5 Å². The van der Waals surface area contributed by atoms with Crippen LogP contribution < -0.4 is 5.73 Å². The predicted molar refractivity (Wildman–Crippen MR) is 68.5 cm³/mol. The molecular formula is C12H14BrN3O. The minimum atomic E-state index is -0.168. The number of aromatic nitrogens is 2. The zero-order valence-electron chi connectivity index (χ0n) is 9.56. The van der Waals surface area contributed by atoms with E-state index in [1.165, 1.54) is 0 Å². The average molecular weight is 296 g/mol. The Morgan fingerprint density at radius 3 is 3.00 bits per heavy atom. The van der Waals surface area contributed by atoms with Crippen LogP contribution in [0.1, 0.15) is 36.7 Å². The molecule has 0 aliphatic heterocycles. The van der Waals surface area contributed by atoms with E-state index < -0.39 is 0 Å². The Kier molecular flexibility index (Phi) is 3.91. The van der Waals surface area contributed by atoms with Gasteiger partial charge in [0.15, 0.2) is 5.82 Å². The summed E-state index contributed by atoms with van der Waals surface area (Å²) in [4.78, 5) is 4.29. The van der Waals surface area contributed by atoms with Crippen LogP contribution in [0.4, 0.5) is 0 Å². The molecule has 1 heterocycles. The van der Waals surface area contributed by atoms with Gasteiger partial charge in [0, 0.05) is 10.9 Å². The maximum Gasteiger partial charge on any atom is 0.243 e. The second-order valence-corrected chi connectivity index (χ2v) is 4.79. The number of benzene rings is 1. The molecule has 1 aromatic carbocycles. The summed E-state index contributed by atoms with van der Waals surface area (Å²) in [6, 6.07) is 7.87. The molecular weight excluding hydrogens is 282 g/mol. The Morgan fingerprint density at radius 2 is 2.29 bits per heavy atom. The van der Waals surface area contributed by atoms with Crippen LogP contribution in [0, 0.1) is 0 Å². The van der Waals surface area contributed by atoms with Gasteiger partial charge < -0.3 is 10.3 Å². The second kappa shape index (κ2) is 5.42. The van der Waals surface area contributed by atoms with E-state index in [0.29, 0.717) is 18.1 Å². The van der Waals surface area contributed by atoms with Crippen molar-refractivity contribution in [1.29, 1.82) is 0 Å². The van der Waals surface area contributed by atoms with Gasteiger partial charge in [-0.2, -0.15) is 4.98 Å². The summed E-state index contributed by atoms with van der Waals surface area (Å²) in [5, 5.41) is 3.93. The van der Waals surface area contributed by atoms with Gasteiger partial charge in [-0.1, -0.05) is 40.1 Å². The third-order valence-electron chi connectivity index (χ3n) is 2.49. The van der Waals surface area contributed by atoms with Gasteiger partial charge in [0.2, 0.25) is 5.89 Å². The quantitative estimate of drug-likeness (QED) is 0.942. The predicted octanol–water partition coefficient (Wildman–Crippen LogP) is 2.83. The molecule has 0 saturated heterocycles. The molecule has 1 atom stereocenters. The Labute approximate surface area is 108 Å². The fourth-order valence-electron chi connectivity index (χ4n) is 1.49. The molecule has 4 nitrogen and oxygen atoms in total. The molecule has 0 spiro atoms. The molecule has 0 bridgehead atoms. The molecule has 5 heteroatoms. The Morgan fingerprint density at radius 1 is 1.47 bits per heavy atom. The zero-order valence-corrected chi connectivity index (χ0v) is 11.1. The van der Waals surface area contributed by atoms with Crippen LogP contribution in [0.3, 0.4) is 0 Å². The third kappa shape index (κ3) is 3.14. The summed E-state index contributed by atoms with van der Waals surface area (Å²) in [7, 11) is 0. The minimum absolute atomic E-state index is 0.168. The van der Waals surface area contributed by atoms with Gasteiger partial charge >= 0.3 is 0 Å². The number of hydrogen-bond acceptors (Lipinski definition) is 4. The van der Waals surface area contributed by atoms with E-state index in [1.807, 2.05) is 31.2 Å². The Hall–Kier alpha value is -1.20. The molecule has 0 radical (unpaired) electrons. The first-order valence-electron chi connectivity index (χ1n) is 5.51. The molecule has 0 amide bonds. The topological polar surface area (TPSA) is 64.9 Å². The van der Waals surface area contributed by atoms with Crippen molar-refractivity contribution in [3.8, 4) is 0 Å². The molecule has 17 heavy (non-hydrogen) atoms. The summed E-state index contributed by atoms with van der Waals surface area (Å²) in [5.74, 6) is 1.18. The Bertz CT molecular complexity index is 498. The van der Waals surface area contributed by atoms with Crippen molar-refractivity contribution in [2.75, 3.05) is 0 Å². The molecule has 2 aromatic rings. The molecule has 0 aliphatic carbocycles. The number of nitrogens with two attached hydrogens (primary N) is 1. The number of halogens is 1. The number of hydrogen-bond donors (Lipinski definition) is 1. The van der Waals surface area contributed by atoms with E-state index in [1.54, 1.807) is 0 Å². The van der Waals surface area contributed by atoms with Crippen LogP contribution in [0.25, 0.3) is 0 Å². The van der Waals surface area contributed by atoms with Crippen molar-refractivity contribution in [3.05, 3.63) is 46.0 Å². The average Bonchev–Trinajstić information content (AvgIpc) is 2.76. The van der Waals surface area contributed by atoms with E-state index in [4.69, 9.17) is 10.3 Å². The monoisotopic (exact) mass is 295 g/mol. The molecule has 0 saturated carbocycles. The first-order valence-corrected chi connectivity index (χ1v) is 6.31. The van der Waals surface area contributed by atoms with Gasteiger partial charge in [0.25, 0.3) is 0 Å². The van der Waals surface area contributed by atoms with Crippen molar-refractivity contribution in [2.45, 2.75) is 25.8 Å². The lowest BCUT2D eigenvalue weighted by molar-refractivity contribution is 0.348. The van der Waals surface area contributed by atoms with Crippen molar-refractivity contribution in [2.24, 2.45) is 5.73 Å². The van der Waals surface area contributed by atoms with Gasteiger partial charge in [0.05, 0.1) is 6.04 Å². The minimum Gasteiger partial charge on any atom is -0.338 e. The molecule has 0 aliphatic rings. The van der Waals surface area contributed by atoms with E-state index >= 15 is 0 Å². The summed E-state index contributed by atoms with van der Waals surface area (Å²) in [5.41, 5.74) is 6.96. The summed E-state index contributed by atoms with van der Waals surface area (Å²) < 4.78 is 6.17. The highest BCUT2D eigenvalue weighted by Crippen LogP contribution is 2.16. The standard InChI is InChI=1S/C12H14BrN3O/c1-2-10(14)12-15-11(16-17-12)7-8-4-3-5-9(13)6-8/h3-6,10H,2,7,14H2,1H3/t10-/m0/s1. The lowest BCUT2D eigenvalue weighted by Gasteiger charge is -1.99. The normalized spacial score (nSPS) is 12.6. The number of rotatable bonds is 4. The van der Waals surface area contributed by atoms with Gasteiger partial charge in [-0.15, -0.1) is 0 Å². The van der Waals surface area contributed by atoms with Gasteiger partial charge in [-0.05, 0) is 24.1 Å². The highest BCUT2D eigenvalue weighted by molar-refractivity contribution is 9.10. The van der Waals surface area contributed by atoms with Crippen LogP contribution in [0.2, 0.25) is 0 Å². The maximum absolute atomic E-state index is 5.82. The summed E-state index contributed by atoms with van der Waals surface area (Å²) in [6.45, 7) is 1.99. The van der Waals surface area contributed by atoms with Crippen molar-refractivity contribution < 1.29 is 4.52 Å². The highest BCUT2D eigenvalue weighted by atomic mass is 79.9. The summed E-state index contributed by atoms with van der Waals surface area (Å²) >= 11 is 3.43. The fourth-order valence-corrected chi connectivity index (χ4v) is 1.94. The third-order valence-corrected chi connectivity index (χ3v) is 2.99. The molecule has 2 N–H and O–H groups in total. The molecule has 0 unspecified atom stereocenters. The van der Waals surface area contributed by atoms with Gasteiger partial charge in [-0.25, -0.2) is 0 Å². The Balaban J connectivity index is 2.11. The maximum atomic E-state index is 5.82. The van der Waals surface area contributed by atoms with Crippen molar-refractivity contribution >= 4 is 15.9 Å².